The Hall–Kier alpha value is -1.66. The molecule has 1 aliphatic rings. The van der Waals surface area contributed by atoms with Gasteiger partial charge >= 0.3 is 4.87 Å². The molecule has 1 aliphatic carbocycles. The van der Waals surface area contributed by atoms with Crippen molar-refractivity contribution in [3.05, 3.63) is 55.6 Å². The molecule has 21 heavy (non-hydrogen) atoms. The van der Waals surface area contributed by atoms with Crippen molar-refractivity contribution in [3.63, 3.8) is 0 Å². The predicted molar refractivity (Wildman–Crippen MR) is 79.7 cm³/mol. The second kappa shape index (κ2) is 5.27. The summed E-state index contributed by atoms with van der Waals surface area (Å²) in [5.74, 6) is -0.383. The third-order valence-electron chi connectivity index (χ3n) is 3.58. The fourth-order valence-corrected chi connectivity index (χ4v) is 3.23. The molecular formula is C14H12ClFN2O2S. The molecule has 1 aromatic heterocycles. The summed E-state index contributed by atoms with van der Waals surface area (Å²) in [7, 11) is 0. The number of aromatic amines is 1. The van der Waals surface area contributed by atoms with Crippen molar-refractivity contribution in [1.82, 2.24) is 10.3 Å². The number of thiazole rings is 1. The van der Waals surface area contributed by atoms with E-state index in [1.54, 1.807) is 24.3 Å². The van der Waals surface area contributed by atoms with Gasteiger partial charge in [-0.2, -0.15) is 0 Å². The summed E-state index contributed by atoms with van der Waals surface area (Å²) >= 11 is 6.79. The van der Waals surface area contributed by atoms with Gasteiger partial charge in [-0.15, -0.1) is 0 Å². The summed E-state index contributed by atoms with van der Waals surface area (Å²) in [4.78, 5) is 25.0. The first-order chi connectivity index (χ1) is 9.96. The van der Waals surface area contributed by atoms with Gasteiger partial charge in [0.1, 0.15) is 11.4 Å². The summed E-state index contributed by atoms with van der Waals surface area (Å²) in [6, 6.07) is 6.46. The van der Waals surface area contributed by atoms with Crippen LogP contribution in [0, 0.1) is 0 Å². The standard InChI is InChI=1S/C14H12ClFN2O2S/c15-9-3-1-2-8(4-9)14(16)5-10(6-14)17-12(19)11-7-21-13(20)18-11/h1-4,7,10H,5-6H2,(H,17,19)(H,18,20). The lowest BCUT2D eigenvalue weighted by Gasteiger charge is -2.42. The molecule has 0 aliphatic heterocycles. The van der Waals surface area contributed by atoms with E-state index in [2.05, 4.69) is 10.3 Å². The highest BCUT2D eigenvalue weighted by atomic mass is 35.5. The van der Waals surface area contributed by atoms with Crippen molar-refractivity contribution < 1.29 is 9.18 Å². The third kappa shape index (κ3) is 2.87. The van der Waals surface area contributed by atoms with Crippen LogP contribution >= 0.6 is 22.9 Å². The Bertz CT molecular complexity index is 736. The van der Waals surface area contributed by atoms with Crippen LogP contribution in [-0.4, -0.2) is 16.9 Å². The van der Waals surface area contributed by atoms with Gasteiger partial charge in [0, 0.05) is 29.3 Å². The zero-order valence-corrected chi connectivity index (χ0v) is 12.4. The number of hydrogen-bond donors (Lipinski definition) is 2. The molecule has 4 nitrogen and oxygen atoms in total. The van der Waals surface area contributed by atoms with E-state index in [-0.39, 0.29) is 35.4 Å². The number of nitrogens with one attached hydrogen (secondary N) is 2. The van der Waals surface area contributed by atoms with Crippen molar-refractivity contribution in [2.24, 2.45) is 0 Å². The van der Waals surface area contributed by atoms with Crippen LogP contribution < -0.4 is 10.2 Å². The number of aromatic nitrogens is 1. The fraction of sp³-hybridized carbons (Fsp3) is 0.286. The van der Waals surface area contributed by atoms with Gasteiger partial charge in [0.2, 0.25) is 0 Å². The molecule has 3 rings (SSSR count). The van der Waals surface area contributed by atoms with Crippen LogP contribution in [0.1, 0.15) is 28.9 Å². The SMILES string of the molecule is O=C(NC1CC(F)(c2cccc(Cl)c2)C1)c1csc(=O)[nH]1. The number of hydrogen-bond acceptors (Lipinski definition) is 3. The van der Waals surface area contributed by atoms with Crippen LogP contribution in [0.15, 0.2) is 34.4 Å². The van der Waals surface area contributed by atoms with Gasteiger partial charge in [-0.1, -0.05) is 35.1 Å². The molecule has 2 N–H and O–H groups in total. The minimum absolute atomic E-state index is 0.202. The van der Waals surface area contributed by atoms with E-state index in [9.17, 15) is 14.0 Å². The lowest BCUT2D eigenvalue weighted by atomic mass is 9.73. The molecular weight excluding hydrogens is 315 g/mol. The molecule has 0 spiro atoms. The minimum atomic E-state index is -1.45. The summed E-state index contributed by atoms with van der Waals surface area (Å²) in [6.45, 7) is 0. The molecule has 0 radical (unpaired) electrons. The van der Waals surface area contributed by atoms with E-state index in [1.165, 1.54) is 5.38 Å². The number of halogens is 2. The zero-order chi connectivity index (χ0) is 15.0. The average Bonchev–Trinajstić information content (AvgIpc) is 2.83. The van der Waals surface area contributed by atoms with E-state index in [0.717, 1.165) is 11.3 Å². The predicted octanol–water partition coefficient (Wildman–Crippen LogP) is 2.85. The van der Waals surface area contributed by atoms with Gasteiger partial charge < -0.3 is 10.3 Å². The Balaban J connectivity index is 1.63. The van der Waals surface area contributed by atoms with Gasteiger partial charge in [0.15, 0.2) is 0 Å². The van der Waals surface area contributed by atoms with Crippen LogP contribution in [0.2, 0.25) is 5.02 Å². The minimum Gasteiger partial charge on any atom is -0.348 e. The number of H-pyrrole nitrogens is 1. The maximum Gasteiger partial charge on any atom is 0.305 e. The van der Waals surface area contributed by atoms with E-state index in [4.69, 9.17) is 11.6 Å². The normalized spacial score (nSPS) is 24.4. The van der Waals surface area contributed by atoms with E-state index < -0.39 is 5.67 Å². The molecule has 0 saturated heterocycles. The molecule has 110 valence electrons. The molecule has 0 unspecified atom stereocenters. The first kappa shape index (κ1) is 14.3. The smallest absolute Gasteiger partial charge is 0.305 e. The van der Waals surface area contributed by atoms with E-state index >= 15 is 0 Å². The third-order valence-corrected chi connectivity index (χ3v) is 4.49. The van der Waals surface area contributed by atoms with Gasteiger partial charge in [0.25, 0.3) is 5.91 Å². The Morgan fingerprint density at radius 2 is 2.24 bits per heavy atom. The van der Waals surface area contributed by atoms with Gasteiger partial charge in [-0.3, -0.25) is 9.59 Å². The van der Waals surface area contributed by atoms with Crippen LogP contribution in [0.4, 0.5) is 4.39 Å². The summed E-state index contributed by atoms with van der Waals surface area (Å²) in [5, 5.41) is 4.66. The number of benzene rings is 1. The van der Waals surface area contributed by atoms with Crippen LogP contribution in [0.5, 0.6) is 0 Å². The van der Waals surface area contributed by atoms with E-state index in [1.807, 2.05) is 0 Å². The van der Waals surface area contributed by atoms with Gasteiger partial charge in [-0.05, 0) is 17.7 Å². The molecule has 1 heterocycles. The van der Waals surface area contributed by atoms with Crippen LogP contribution in [0.25, 0.3) is 0 Å². The van der Waals surface area contributed by atoms with Crippen LogP contribution in [-0.2, 0) is 5.67 Å². The Morgan fingerprint density at radius 1 is 1.48 bits per heavy atom. The molecule has 0 atom stereocenters. The number of carbonyl (C=O) groups excluding carboxylic acids is 1. The largest absolute Gasteiger partial charge is 0.348 e. The second-order valence-electron chi connectivity index (χ2n) is 5.12. The summed E-state index contributed by atoms with van der Waals surface area (Å²) < 4.78 is 14.7. The van der Waals surface area contributed by atoms with E-state index in [0.29, 0.717) is 10.6 Å². The highest BCUT2D eigenvalue weighted by Gasteiger charge is 2.47. The van der Waals surface area contributed by atoms with Crippen LogP contribution in [0.3, 0.4) is 0 Å². The lowest BCUT2D eigenvalue weighted by Crippen LogP contribution is -2.51. The number of amides is 1. The van der Waals surface area contributed by atoms with Crippen molar-refractivity contribution in [3.8, 4) is 0 Å². The Labute approximate surface area is 129 Å². The molecule has 0 bridgehead atoms. The van der Waals surface area contributed by atoms with Crippen molar-refractivity contribution >= 4 is 28.8 Å². The molecule has 7 heteroatoms. The van der Waals surface area contributed by atoms with Crippen molar-refractivity contribution in [1.29, 1.82) is 0 Å². The quantitative estimate of drug-likeness (QED) is 0.911. The Kier molecular flexibility index (Phi) is 3.59. The highest BCUT2D eigenvalue weighted by Crippen LogP contribution is 2.45. The fourth-order valence-electron chi connectivity index (χ4n) is 2.48. The monoisotopic (exact) mass is 326 g/mol. The zero-order valence-electron chi connectivity index (χ0n) is 10.9. The summed E-state index contributed by atoms with van der Waals surface area (Å²) in [6.07, 6.45) is 0.404. The summed E-state index contributed by atoms with van der Waals surface area (Å²) in [5.41, 5.74) is -0.709. The first-order valence-corrected chi connectivity index (χ1v) is 7.66. The number of carbonyl (C=O) groups is 1. The number of rotatable bonds is 3. The average molecular weight is 327 g/mol. The molecule has 1 saturated carbocycles. The highest BCUT2D eigenvalue weighted by molar-refractivity contribution is 7.07. The maximum atomic E-state index is 14.7. The second-order valence-corrected chi connectivity index (χ2v) is 6.39. The lowest BCUT2D eigenvalue weighted by molar-refractivity contribution is 0.0247. The molecule has 1 fully saturated rings. The topological polar surface area (TPSA) is 62.0 Å². The van der Waals surface area contributed by atoms with Gasteiger partial charge in [0.05, 0.1) is 0 Å². The first-order valence-electron chi connectivity index (χ1n) is 6.40. The number of alkyl halides is 1. The Morgan fingerprint density at radius 3 is 2.86 bits per heavy atom. The maximum absolute atomic E-state index is 14.7. The van der Waals surface area contributed by atoms with Crippen molar-refractivity contribution in [2.45, 2.75) is 24.6 Å². The molecule has 1 aromatic carbocycles. The van der Waals surface area contributed by atoms with Gasteiger partial charge in [-0.25, -0.2) is 4.39 Å². The molecule has 2 aromatic rings. The molecule has 1 amide bonds. The van der Waals surface area contributed by atoms with Crippen molar-refractivity contribution in [2.75, 3.05) is 0 Å².